The van der Waals surface area contributed by atoms with Crippen LogP contribution in [0.1, 0.15) is 11.3 Å². The molecule has 2 N–H and O–H groups in total. The van der Waals surface area contributed by atoms with Crippen molar-refractivity contribution in [1.82, 2.24) is 15.2 Å². The Bertz CT molecular complexity index is 655. The molecule has 2 aromatic rings. The van der Waals surface area contributed by atoms with Crippen LogP contribution in [0.2, 0.25) is 0 Å². The average molecular weight is 340 g/mol. The quantitative estimate of drug-likeness (QED) is 0.847. The third kappa shape index (κ3) is 5.85. The number of amides is 2. The van der Waals surface area contributed by atoms with Gasteiger partial charge in [0.05, 0.1) is 25.5 Å². The zero-order valence-electron chi connectivity index (χ0n) is 14.3. The molecule has 0 saturated carbocycles. The molecule has 0 atom stereocenters. The molecule has 6 nitrogen and oxygen atoms in total. The molecule has 1 aliphatic rings. The normalized spacial score (nSPS) is 14.9. The zero-order valence-corrected chi connectivity index (χ0v) is 14.3. The lowest BCUT2D eigenvalue weighted by Gasteiger charge is -2.26. The van der Waals surface area contributed by atoms with Gasteiger partial charge >= 0.3 is 6.03 Å². The van der Waals surface area contributed by atoms with E-state index >= 15 is 0 Å². The summed E-state index contributed by atoms with van der Waals surface area (Å²) in [4.78, 5) is 18.5. The lowest BCUT2D eigenvalue weighted by molar-refractivity contribution is 0.0384. The molecular formula is C19H24N4O2. The van der Waals surface area contributed by atoms with E-state index in [9.17, 15) is 4.79 Å². The van der Waals surface area contributed by atoms with Gasteiger partial charge in [-0.05, 0) is 36.2 Å². The maximum atomic E-state index is 11.9. The van der Waals surface area contributed by atoms with Crippen LogP contribution in [-0.4, -0.2) is 48.8 Å². The molecule has 0 aliphatic carbocycles. The minimum atomic E-state index is -0.230. The molecular weight excluding hydrogens is 316 g/mol. The Kier molecular flexibility index (Phi) is 6.36. The van der Waals surface area contributed by atoms with Crippen molar-refractivity contribution in [1.29, 1.82) is 0 Å². The number of anilines is 1. The number of rotatable bonds is 6. The fourth-order valence-corrected chi connectivity index (χ4v) is 2.72. The molecule has 6 heteroatoms. The van der Waals surface area contributed by atoms with Crippen molar-refractivity contribution >= 4 is 11.7 Å². The van der Waals surface area contributed by atoms with Crippen LogP contribution >= 0.6 is 0 Å². The summed E-state index contributed by atoms with van der Waals surface area (Å²) in [6.07, 6.45) is 2.72. The molecule has 2 amide bonds. The van der Waals surface area contributed by atoms with Crippen LogP contribution in [0.4, 0.5) is 10.5 Å². The second-order valence-corrected chi connectivity index (χ2v) is 6.03. The molecule has 0 unspecified atom stereocenters. The molecule has 1 aromatic heterocycles. The van der Waals surface area contributed by atoms with Gasteiger partial charge in [0.15, 0.2) is 0 Å². The lowest BCUT2D eigenvalue weighted by Crippen LogP contribution is -2.37. The smallest absolute Gasteiger partial charge is 0.319 e. The minimum absolute atomic E-state index is 0.230. The molecule has 132 valence electrons. The summed E-state index contributed by atoms with van der Waals surface area (Å²) in [6.45, 7) is 5.13. The van der Waals surface area contributed by atoms with E-state index in [1.165, 1.54) is 5.56 Å². The Morgan fingerprint density at radius 2 is 1.92 bits per heavy atom. The maximum absolute atomic E-state index is 11.9. The SMILES string of the molecule is O=C(NCc1ccccn1)Nc1ccc(CCN2CCOCC2)cc1. The number of nitrogens with one attached hydrogen (secondary N) is 2. The highest BCUT2D eigenvalue weighted by Gasteiger charge is 2.09. The number of morpholine rings is 1. The van der Waals surface area contributed by atoms with Crippen LogP contribution in [0, 0.1) is 0 Å². The van der Waals surface area contributed by atoms with E-state index in [1.54, 1.807) is 6.20 Å². The average Bonchev–Trinajstić information content (AvgIpc) is 2.67. The number of aromatic nitrogens is 1. The molecule has 3 rings (SSSR count). The van der Waals surface area contributed by atoms with Crippen molar-refractivity contribution in [2.24, 2.45) is 0 Å². The molecule has 0 radical (unpaired) electrons. The van der Waals surface area contributed by atoms with Gasteiger partial charge in [-0.1, -0.05) is 18.2 Å². The van der Waals surface area contributed by atoms with Gasteiger partial charge in [0.1, 0.15) is 0 Å². The van der Waals surface area contributed by atoms with Gasteiger partial charge in [-0.3, -0.25) is 9.88 Å². The molecule has 1 aliphatic heterocycles. The third-order valence-corrected chi connectivity index (χ3v) is 4.19. The van der Waals surface area contributed by atoms with E-state index in [2.05, 4.69) is 32.7 Å². The number of ether oxygens (including phenoxy) is 1. The fourth-order valence-electron chi connectivity index (χ4n) is 2.72. The van der Waals surface area contributed by atoms with Gasteiger partial charge in [0, 0.05) is 31.5 Å². The van der Waals surface area contributed by atoms with Gasteiger partial charge in [-0.15, -0.1) is 0 Å². The number of carbonyl (C=O) groups is 1. The molecule has 0 bridgehead atoms. The number of carbonyl (C=O) groups excluding carboxylic acids is 1. The zero-order chi connectivity index (χ0) is 17.3. The Morgan fingerprint density at radius 1 is 1.12 bits per heavy atom. The number of benzene rings is 1. The fraction of sp³-hybridized carbons (Fsp3) is 0.368. The number of hydrogen-bond acceptors (Lipinski definition) is 4. The summed E-state index contributed by atoms with van der Waals surface area (Å²) in [6, 6.07) is 13.4. The van der Waals surface area contributed by atoms with Crippen molar-refractivity contribution < 1.29 is 9.53 Å². The van der Waals surface area contributed by atoms with Crippen LogP contribution in [0.25, 0.3) is 0 Å². The highest BCUT2D eigenvalue weighted by molar-refractivity contribution is 5.89. The first-order valence-corrected chi connectivity index (χ1v) is 8.63. The number of pyridine rings is 1. The van der Waals surface area contributed by atoms with Crippen LogP contribution in [0.5, 0.6) is 0 Å². The number of urea groups is 1. The Hall–Kier alpha value is -2.44. The summed E-state index contributed by atoms with van der Waals surface area (Å²) in [5.41, 5.74) is 2.88. The van der Waals surface area contributed by atoms with Gasteiger partial charge in [0.25, 0.3) is 0 Å². The second kappa shape index (κ2) is 9.15. The summed E-state index contributed by atoms with van der Waals surface area (Å²) in [7, 11) is 0. The van der Waals surface area contributed by atoms with Crippen molar-refractivity contribution in [3.05, 3.63) is 59.9 Å². The highest BCUT2D eigenvalue weighted by Crippen LogP contribution is 2.11. The monoisotopic (exact) mass is 340 g/mol. The first kappa shape index (κ1) is 17.4. The van der Waals surface area contributed by atoms with Crippen molar-refractivity contribution in [3.8, 4) is 0 Å². The van der Waals surface area contributed by atoms with E-state index in [0.29, 0.717) is 6.54 Å². The molecule has 25 heavy (non-hydrogen) atoms. The van der Waals surface area contributed by atoms with Crippen LogP contribution < -0.4 is 10.6 Å². The van der Waals surface area contributed by atoms with Crippen LogP contribution in [0.3, 0.4) is 0 Å². The molecule has 2 heterocycles. The summed E-state index contributed by atoms with van der Waals surface area (Å²) in [5, 5.41) is 5.64. The van der Waals surface area contributed by atoms with Gasteiger partial charge in [-0.2, -0.15) is 0 Å². The predicted molar refractivity (Wildman–Crippen MR) is 97.5 cm³/mol. The summed E-state index contributed by atoms with van der Waals surface area (Å²) in [5.74, 6) is 0. The molecule has 1 saturated heterocycles. The van der Waals surface area contributed by atoms with Crippen molar-refractivity contribution in [2.45, 2.75) is 13.0 Å². The Labute approximate surface area is 148 Å². The molecule has 1 fully saturated rings. The number of nitrogens with zero attached hydrogens (tertiary/aromatic N) is 2. The first-order valence-electron chi connectivity index (χ1n) is 8.63. The minimum Gasteiger partial charge on any atom is -0.379 e. The number of hydrogen-bond donors (Lipinski definition) is 2. The largest absolute Gasteiger partial charge is 0.379 e. The first-order chi connectivity index (χ1) is 12.3. The predicted octanol–water partition coefficient (Wildman–Crippen LogP) is 2.28. The van der Waals surface area contributed by atoms with E-state index in [0.717, 1.165) is 50.7 Å². The van der Waals surface area contributed by atoms with Crippen LogP contribution in [0.15, 0.2) is 48.7 Å². The van der Waals surface area contributed by atoms with Gasteiger partial charge < -0.3 is 15.4 Å². The Balaban J connectivity index is 1.41. The second-order valence-electron chi connectivity index (χ2n) is 6.03. The van der Waals surface area contributed by atoms with Crippen LogP contribution in [-0.2, 0) is 17.7 Å². The molecule has 1 aromatic carbocycles. The van der Waals surface area contributed by atoms with Crippen molar-refractivity contribution in [3.63, 3.8) is 0 Å². The maximum Gasteiger partial charge on any atom is 0.319 e. The highest BCUT2D eigenvalue weighted by atomic mass is 16.5. The van der Waals surface area contributed by atoms with E-state index in [-0.39, 0.29) is 6.03 Å². The lowest BCUT2D eigenvalue weighted by atomic mass is 10.1. The van der Waals surface area contributed by atoms with E-state index < -0.39 is 0 Å². The standard InChI is InChI=1S/C19H24N4O2/c24-19(21-15-18-3-1-2-9-20-18)22-17-6-4-16(5-7-17)8-10-23-11-13-25-14-12-23/h1-7,9H,8,10-15H2,(H2,21,22,24). The topological polar surface area (TPSA) is 66.5 Å². The molecule has 0 spiro atoms. The Morgan fingerprint density at radius 3 is 2.64 bits per heavy atom. The van der Waals surface area contributed by atoms with E-state index in [4.69, 9.17) is 4.74 Å². The van der Waals surface area contributed by atoms with Crippen molar-refractivity contribution in [2.75, 3.05) is 38.2 Å². The van der Waals surface area contributed by atoms with E-state index in [1.807, 2.05) is 30.3 Å². The van der Waals surface area contributed by atoms with Gasteiger partial charge in [0.2, 0.25) is 0 Å². The summed E-state index contributed by atoms with van der Waals surface area (Å²) >= 11 is 0. The van der Waals surface area contributed by atoms with Gasteiger partial charge in [-0.25, -0.2) is 4.79 Å². The summed E-state index contributed by atoms with van der Waals surface area (Å²) < 4.78 is 5.36. The third-order valence-electron chi connectivity index (χ3n) is 4.19.